The van der Waals surface area contributed by atoms with Crippen molar-refractivity contribution in [1.29, 1.82) is 0 Å². The second-order valence-corrected chi connectivity index (χ2v) is 4.64. The van der Waals surface area contributed by atoms with Gasteiger partial charge in [-0.1, -0.05) is 19.9 Å². The van der Waals surface area contributed by atoms with Crippen LogP contribution in [0.2, 0.25) is 0 Å². The van der Waals surface area contributed by atoms with Crippen LogP contribution < -0.4 is 5.32 Å². The van der Waals surface area contributed by atoms with Gasteiger partial charge in [-0.3, -0.25) is 4.79 Å². The Morgan fingerprint density at radius 3 is 2.65 bits per heavy atom. The van der Waals surface area contributed by atoms with Crippen LogP contribution in [0.4, 0.5) is 4.39 Å². The van der Waals surface area contributed by atoms with Gasteiger partial charge in [0.25, 0.3) is 5.91 Å². The van der Waals surface area contributed by atoms with Gasteiger partial charge in [0.1, 0.15) is 17.1 Å². The molecule has 1 amide bonds. The average molecular weight is 241 g/mol. The van der Waals surface area contributed by atoms with E-state index in [0.717, 1.165) is 6.07 Å². The van der Waals surface area contributed by atoms with Gasteiger partial charge in [0.05, 0.1) is 0 Å². The average Bonchev–Trinajstić information content (AvgIpc) is 2.26. The zero-order chi connectivity index (χ0) is 13.1. The molecular weight excluding hydrogens is 225 g/mol. The first kappa shape index (κ1) is 13.4. The Labute approximate surface area is 99.1 Å². The third-order valence-corrected chi connectivity index (χ3v) is 2.37. The summed E-state index contributed by atoms with van der Waals surface area (Å²) in [6, 6.07) is 3.67. The summed E-state index contributed by atoms with van der Waals surface area (Å²) in [5.41, 5.74) is -0.863. The minimum Gasteiger partial charge on any atom is -0.507 e. The fourth-order valence-electron chi connectivity index (χ4n) is 1.20. The van der Waals surface area contributed by atoms with E-state index in [9.17, 15) is 14.3 Å². The Hall–Kier alpha value is -1.62. The van der Waals surface area contributed by atoms with Crippen molar-refractivity contribution in [1.82, 2.24) is 5.32 Å². The molecule has 0 saturated heterocycles. The number of aromatic hydroxyl groups is 1. The molecule has 0 aliphatic rings. The van der Waals surface area contributed by atoms with Crippen molar-refractivity contribution >= 4 is 5.91 Å². The Kier molecular flexibility index (Phi) is 4.07. The van der Waals surface area contributed by atoms with Crippen LogP contribution in [0.25, 0.3) is 0 Å². The number of nitrogens with one attached hydrogen (secondary N) is 1. The van der Waals surface area contributed by atoms with Crippen molar-refractivity contribution in [2.45, 2.75) is 13.8 Å². The van der Waals surface area contributed by atoms with Crippen LogP contribution in [-0.4, -0.2) is 29.3 Å². The fraction of sp³-hybridized carbons (Fsp3) is 0.417. The normalized spacial score (nSPS) is 11.3. The highest BCUT2D eigenvalue weighted by molar-refractivity contribution is 5.97. The van der Waals surface area contributed by atoms with Crippen LogP contribution in [0.15, 0.2) is 18.2 Å². The van der Waals surface area contributed by atoms with E-state index < -0.39 is 22.9 Å². The van der Waals surface area contributed by atoms with Crippen LogP contribution in [-0.2, 0) is 0 Å². The first-order valence-electron chi connectivity index (χ1n) is 5.24. The standard InChI is InChI=1S/C12H16FNO3/c1-12(2,7-15)6-14-11(17)10-8(13)4-3-5-9(10)16/h3-5,15-16H,6-7H2,1-2H3,(H,14,17). The number of amides is 1. The molecule has 0 spiro atoms. The van der Waals surface area contributed by atoms with Crippen LogP contribution in [0.1, 0.15) is 24.2 Å². The molecule has 0 heterocycles. The van der Waals surface area contributed by atoms with E-state index in [1.54, 1.807) is 13.8 Å². The number of phenolic OH excluding ortho intramolecular Hbond substituents is 1. The SMILES string of the molecule is CC(C)(CO)CNC(=O)c1c(O)cccc1F. The number of hydrogen-bond donors (Lipinski definition) is 3. The van der Waals surface area contributed by atoms with E-state index in [-0.39, 0.29) is 18.7 Å². The molecule has 0 radical (unpaired) electrons. The van der Waals surface area contributed by atoms with Crippen LogP contribution >= 0.6 is 0 Å². The van der Waals surface area contributed by atoms with Crippen molar-refractivity contribution in [2.24, 2.45) is 5.41 Å². The van der Waals surface area contributed by atoms with Gasteiger partial charge in [0.2, 0.25) is 0 Å². The second kappa shape index (κ2) is 5.14. The third-order valence-electron chi connectivity index (χ3n) is 2.37. The minimum absolute atomic E-state index is 0.101. The molecule has 0 fully saturated rings. The molecule has 17 heavy (non-hydrogen) atoms. The van der Waals surface area contributed by atoms with Gasteiger partial charge in [-0.2, -0.15) is 0 Å². The first-order chi connectivity index (χ1) is 7.87. The molecule has 0 atom stereocenters. The Morgan fingerprint density at radius 2 is 2.12 bits per heavy atom. The molecule has 1 aromatic carbocycles. The van der Waals surface area contributed by atoms with E-state index in [1.807, 2.05) is 0 Å². The molecule has 0 saturated carbocycles. The van der Waals surface area contributed by atoms with Crippen LogP contribution in [0.5, 0.6) is 5.75 Å². The molecule has 3 N–H and O–H groups in total. The molecule has 1 rings (SSSR count). The number of hydrogen-bond acceptors (Lipinski definition) is 3. The summed E-state index contributed by atoms with van der Waals surface area (Å²) in [6.07, 6.45) is 0. The van der Waals surface area contributed by atoms with Crippen molar-refractivity contribution in [3.05, 3.63) is 29.6 Å². The number of rotatable bonds is 4. The number of carbonyl (C=O) groups excluding carboxylic acids is 1. The summed E-state index contributed by atoms with van der Waals surface area (Å²) in [7, 11) is 0. The monoisotopic (exact) mass is 241 g/mol. The number of phenols is 1. The first-order valence-corrected chi connectivity index (χ1v) is 5.24. The highest BCUT2D eigenvalue weighted by Gasteiger charge is 2.21. The van der Waals surface area contributed by atoms with Crippen molar-refractivity contribution in [3.63, 3.8) is 0 Å². The van der Waals surface area contributed by atoms with Gasteiger partial charge in [-0.05, 0) is 12.1 Å². The van der Waals surface area contributed by atoms with Gasteiger partial charge < -0.3 is 15.5 Å². The highest BCUT2D eigenvalue weighted by atomic mass is 19.1. The molecule has 0 aliphatic heterocycles. The predicted molar refractivity (Wildman–Crippen MR) is 61.3 cm³/mol. The summed E-state index contributed by atoms with van der Waals surface area (Å²) in [6.45, 7) is 3.61. The van der Waals surface area contributed by atoms with Crippen molar-refractivity contribution in [2.75, 3.05) is 13.2 Å². The van der Waals surface area contributed by atoms with E-state index >= 15 is 0 Å². The molecule has 0 unspecified atom stereocenters. The lowest BCUT2D eigenvalue weighted by molar-refractivity contribution is 0.0904. The lowest BCUT2D eigenvalue weighted by Crippen LogP contribution is -2.36. The van der Waals surface area contributed by atoms with Crippen LogP contribution in [0.3, 0.4) is 0 Å². The summed E-state index contributed by atoms with van der Waals surface area (Å²) in [5.74, 6) is -1.87. The summed E-state index contributed by atoms with van der Waals surface area (Å²) in [5, 5.41) is 20.9. The number of aliphatic hydroxyl groups is 1. The molecule has 0 aromatic heterocycles. The van der Waals surface area contributed by atoms with Crippen molar-refractivity contribution < 1.29 is 19.4 Å². The quantitative estimate of drug-likeness (QED) is 0.743. The maximum Gasteiger partial charge on any atom is 0.258 e. The topological polar surface area (TPSA) is 69.6 Å². The van der Waals surface area contributed by atoms with E-state index in [2.05, 4.69) is 5.32 Å². The fourth-order valence-corrected chi connectivity index (χ4v) is 1.20. The lowest BCUT2D eigenvalue weighted by Gasteiger charge is -2.21. The zero-order valence-electron chi connectivity index (χ0n) is 9.83. The van der Waals surface area contributed by atoms with Gasteiger partial charge in [-0.25, -0.2) is 4.39 Å². The summed E-state index contributed by atoms with van der Waals surface area (Å²) < 4.78 is 13.3. The molecule has 4 nitrogen and oxygen atoms in total. The molecule has 0 aliphatic carbocycles. The zero-order valence-corrected chi connectivity index (χ0v) is 9.83. The highest BCUT2D eigenvalue weighted by Crippen LogP contribution is 2.20. The van der Waals surface area contributed by atoms with Crippen LogP contribution in [0, 0.1) is 11.2 Å². The van der Waals surface area contributed by atoms with Gasteiger partial charge >= 0.3 is 0 Å². The van der Waals surface area contributed by atoms with Gasteiger partial charge in [0.15, 0.2) is 0 Å². The smallest absolute Gasteiger partial charge is 0.258 e. The predicted octanol–water partition coefficient (Wildman–Crippen LogP) is 1.28. The summed E-state index contributed by atoms with van der Waals surface area (Å²) >= 11 is 0. The summed E-state index contributed by atoms with van der Waals surface area (Å²) in [4.78, 5) is 11.7. The van der Waals surface area contributed by atoms with E-state index in [4.69, 9.17) is 5.11 Å². The number of benzene rings is 1. The lowest BCUT2D eigenvalue weighted by atomic mass is 9.95. The third kappa shape index (κ3) is 3.42. The van der Waals surface area contributed by atoms with Gasteiger partial charge in [-0.15, -0.1) is 0 Å². The number of aliphatic hydroxyl groups excluding tert-OH is 1. The molecule has 5 heteroatoms. The minimum atomic E-state index is -0.774. The number of carbonyl (C=O) groups is 1. The maximum atomic E-state index is 13.3. The molecular formula is C12H16FNO3. The molecule has 94 valence electrons. The van der Waals surface area contributed by atoms with Crippen molar-refractivity contribution in [3.8, 4) is 5.75 Å². The van der Waals surface area contributed by atoms with Gasteiger partial charge in [0, 0.05) is 18.6 Å². The Bertz CT molecular complexity index is 398. The van der Waals surface area contributed by atoms with E-state index in [0.29, 0.717) is 0 Å². The van der Waals surface area contributed by atoms with E-state index in [1.165, 1.54) is 12.1 Å². The Morgan fingerprint density at radius 1 is 1.47 bits per heavy atom. The number of halogens is 1. The molecule has 0 bridgehead atoms. The molecule has 1 aromatic rings. The maximum absolute atomic E-state index is 13.3. The Balaban J connectivity index is 2.78. The second-order valence-electron chi connectivity index (χ2n) is 4.64. The largest absolute Gasteiger partial charge is 0.507 e.